The van der Waals surface area contributed by atoms with Crippen molar-refractivity contribution in [1.82, 2.24) is 4.57 Å². The lowest BCUT2D eigenvalue weighted by Crippen LogP contribution is -2.10. The van der Waals surface area contributed by atoms with Gasteiger partial charge in [0.15, 0.2) is 5.69 Å². The van der Waals surface area contributed by atoms with Gasteiger partial charge in [-0.05, 0) is 41.4 Å². The molecular formula is C26H31N3O2. The summed E-state index contributed by atoms with van der Waals surface area (Å²) in [4.78, 5) is 12.7. The number of benzene rings is 2. The normalized spacial score (nSPS) is 18.7. The number of aryl methyl sites for hydroxylation is 1. The van der Waals surface area contributed by atoms with Crippen LogP contribution in [0.15, 0.2) is 58.8 Å². The fourth-order valence-electron chi connectivity index (χ4n) is 4.15. The smallest absolute Gasteiger partial charge is 0.268 e. The fourth-order valence-corrected chi connectivity index (χ4v) is 4.15. The van der Waals surface area contributed by atoms with Crippen LogP contribution in [0.4, 0.5) is 5.69 Å². The number of unbranched alkanes of at least 4 members (excludes halogenated alkanes) is 1. The number of carbonyl (C=O) groups excluding carboxylic acids is 1. The molecule has 3 aromatic rings. The number of fused-ring (bicyclic) bond motifs is 1. The van der Waals surface area contributed by atoms with E-state index in [4.69, 9.17) is 0 Å². The Labute approximate surface area is 183 Å². The number of hydrogen-bond acceptors (Lipinski definition) is 3. The number of hydrogen-bond donors (Lipinski definition) is 1. The summed E-state index contributed by atoms with van der Waals surface area (Å²) >= 11 is 0. The lowest BCUT2D eigenvalue weighted by atomic mass is 9.86. The highest BCUT2D eigenvalue weighted by Crippen LogP contribution is 2.49. The maximum Gasteiger partial charge on any atom is 0.268 e. The molecule has 0 aliphatic heterocycles. The highest BCUT2D eigenvalue weighted by Gasteiger charge is 2.44. The first-order chi connectivity index (χ1) is 14.8. The predicted molar refractivity (Wildman–Crippen MR) is 124 cm³/mol. The van der Waals surface area contributed by atoms with Crippen molar-refractivity contribution in [2.24, 2.45) is 16.1 Å². The maximum atomic E-state index is 12.7. The van der Waals surface area contributed by atoms with Crippen molar-refractivity contribution in [2.45, 2.75) is 64.8 Å². The van der Waals surface area contributed by atoms with Crippen molar-refractivity contribution >= 4 is 22.5 Å². The molecular weight excluding hydrogens is 386 g/mol. The lowest BCUT2D eigenvalue weighted by Gasteiger charge is -2.19. The molecule has 4 rings (SSSR count). The SMILES string of the molecule is CCCCn1c(O)c(N=NC(=O)[C@H]2C[C@H]2c2ccc(C(C)(C)C)cc2)c2ccccc21. The number of aromatic hydroxyl groups is 1. The van der Waals surface area contributed by atoms with E-state index >= 15 is 0 Å². The van der Waals surface area contributed by atoms with Gasteiger partial charge in [0.05, 0.1) is 5.52 Å². The zero-order valence-corrected chi connectivity index (χ0v) is 18.8. The second kappa shape index (κ2) is 8.29. The summed E-state index contributed by atoms with van der Waals surface area (Å²) in [5.74, 6) is -0.0502. The third kappa shape index (κ3) is 4.27. The summed E-state index contributed by atoms with van der Waals surface area (Å²) in [7, 11) is 0. The summed E-state index contributed by atoms with van der Waals surface area (Å²) in [5.41, 5.74) is 3.88. The fraction of sp³-hybridized carbons (Fsp3) is 0.423. The Hall–Kier alpha value is -2.95. The molecule has 5 heteroatoms. The molecule has 0 unspecified atom stereocenters. The van der Waals surface area contributed by atoms with Gasteiger partial charge in [-0.2, -0.15) is 0 Å². The Kier molecular flexibility index (Phi) is 5.69. The van der Waals surface area contributed by atoms with E-state index in [-0.39, 0.29) is 29.0 Å². The Morgan fingerprint density at radius 2 is 1.84 bits per heavy atom. The first-order valence-electron chi connectivity index (χ1n) is 11.2. The molecule has 2 atom stereocenters. The molecule has 31 heavy (non-hydrogen) atoms. The molecule has 1 aliphatic rings. The topological polar surface area (TPSA) is 66.9 Å². The quantitative estimate of drug-likeness (QED) is 0.445. The lowest BCUT2D eigenvalue weighted by molar-refractivity contribution is -0.119. The Bertz CT molecular complexity index is 1120. The maximum absolute atomic E-state index is 12.7. The van der Waals surface area contributed by atoms with Gasteiger partial charge in [0.25, 0.3) is 5.91 Å². The molecule has 1 aliphatic carbocycles. The van der Waals surface area contributed by atoms with Crippen molar-refractivity contribution in [3.63, 3.8) is 0 Å². The van der Waals surface area contributed by atoms with Gasteiger partial charge in [0.2, 0.25) is 5.88 Å². The van der Waals surface area contributed by atoms with E-state index in [1.807, 2.05) is 28.8 Å². The Balaban J connectivity index is 1.50. The molecule has 0 radical (unpaired) electrons. The molecule has 1 fully saturated rings. The second-order valence-electron chi connectivity index (χ2n) is 9.55. The zero-order chi connectivity index (χ0) is 22.2. The Morgan fingerprint density at radius 1 is 1.13 bits per heavy atom. The average Bonchev–Trinajstić information content (AvgIpc) is 3.50. The van der Waals surface area contributed by atoms with Crippen LogP contribution in [0, 0.1) is 5.92 Å². The van der Waals surface area contributed by atoms with Gasteiger partial charge in [0.1, 0.15) is 0 Å². The van der Waals surface area contributed by atoms with Gasteiger partial charge in [0, 0.05) is 17.8 Å². The molecule has 1 heterocycles. The minimum atomic E-state index is -0.213. The molecule has 1 saturated carbocycles. The number of rotatable bonds is 6. The van der Waals surface area contributed by atoms with Crippen LogP contribution in [0.5, 0.6) is 5.88 Å². The van der Waals surface area contributed by atoms with E-state index in [1.54, 1.807) is 0 Å². The predicted octanol–water partition coefficient (Wildman–Crippen LogP) is 6.86. The first kappa shape index (κ1) is 21.3. The number of para-hydroxylation sites is 1. The van der Waals surface area contributed by atoms with Crippen LogP contribution in [0.3, 0.4) is 0 Å². The van der Waals surface area contributed by atoms with Crippen LogP contribution in [-0.2, 0) is 16.8 Å². The van der Waals surface area contributed by atoms with Crippen LogP contribution < -0.4 is 0 Å². The Morgan fingerprint density at radius 3 is 2.52 bits per heavy atom. The molecule has 1 aromatic heterocycles. The summed E-state index contributed by atoms with van der Waals surface area (Å²) in [6.45, 7) is 9.41. The highest BCUT2D eigenvalue weighted by atomic mass is 16.3. The van der Waals surface area contributed by atoms with Gasteiger partial charge >= 0.3 is 0 Å². The van der Waals surface area contributed by atoms with E-state index in [9.17, 15) is 9.90 Å². The number of carbonyl (C=O) groups is 1. The van der Waals surface area contributed by atoms with Crippen LogP contribution in [0.1, 0.15) is 64.0 Å². The molecule has 1 N–H and O–H groups in total. The van der Waals surface area contributed by atoms with Crippen LogP contribution in [0.2, 0.25) is 0 Å². The van der Waals surface area contributed by atoms with Crippen LogP contribution in [-0.4, -0.2) is 15.6 Å². The third-order valence-electron chi connectivity index (χ3n) is 6.21. The van der Waals surface area contributed by atoms with Gasteiger partial charge in [-0.1, -0.05) is 76.6 Å². The average molecular weight is 418 g/mol. The summed E-state index contributed by atoms with van der Waals surface area (Å²) < 4.78 is 1.86. The largest absolute Gasteiger partial charge is 0.493 e. The number of azo groups is 1. The monoisotopic (exact) mass is 417 g/mol. The molecule has 0 spiro atoms. The number of nitrogens with zero attached hydrogens (tertiary/aromatic N) is 3. The van der Waals surface area contributed by atoms with E-state index < -0.39 is 0 Å². The summed E-state index contributed by atoms with van der Waals surface area (Å²) in [6, 6.07) is 16.3. The standard InChI is InChI=1S/C26H31N3O2/c1-5-6-15-29-22-10-8-7-9-19(22)23(25(29)31)27-28-24(30)21-16-20(21)17-11-13-18(14-12-17)26(2,3)4/h7-14,20-21,31H,5-6,15-16H2,1-4H3/t20-,21-/m0/s1. The van der Waals surface area contributed by atoms with Gasteiger partial charge < -0.3 is 9.67 Å². The van der Waals surface area contributed by atoms with E-state index in [0.29, 0.717) is 12.2 Å². The van der Waals surface area contributed by atoms with Crippen LogP contribution in [0.25, 0.3) is 10.9 Å². The molecule has 1 amide bonds. The minimum Gasteiger partial charge on any atom is -0.493 e. The summed E-state index contributed by atoms with van der Waals surface area (Å²) in [6.07, 6.45) is 2.79. The molecule has 0 bridgehead atoms. The van der Waals surface area contributed by atoms with Gasteiger partial charge in [-0.3, -0.25) is 4.79 Å². The van der Waals surface area contributed by atoms with E-state index in [0.717, 1.165) is 30.2 Å². The third-order valence-corrected chi connectivity index (χ3v) is 6.21. The summed E-state index contributed by atoms with van der Waals surface area (Å²) in [5, 5.41) is 19.8. The van der Waals surface area contributed by atoms with Crippen molar-refractivity contribution in [3.05, 3.63) is 59.7 Å². The minimum absolute atomic E-state index is 0.0799. The molecule has 5 nitrogen and oxygen atoms in total. The van der Waals surface area contributed by atoms with Crippen LogP contribution >= 0.6 is 0 Å². The molecule has 0 saturated heterocycles. The first-order valence-corrected chi connectivity index (χ1v) is 11.2. The van der Waals surface area contributed by atoms with Crippen molar-refractivity contribution in [1.29, 1.82) is 0 Å². The second-order valence-corrected chi connectivity index (χ2v) is 9.55. The van der Waals surface area contributed by atoms with Gasteiger partial charge in [-0.25, -0.2) is 0 Å². The zero-order valence-electron chi connectivity index (χ0n) is 18.8. The molecule has 2 aromatic carbocycles. The molecule has 162 valence electrons. The van der Waals surface area contributed by atoms with Crippen molar-refractivity contribution in [3.8, 4) is 5.88 Å². The van der Waals surface area contributed by atoms with Crippen molar-refractivity contribution in [2.75, 3.05) is 0 Å². The van der Waals surface area contributed by atoms with E-state index in [1.165, 1.54) is 11.1 Å². The number of amides is 1. The highest BCUT2D eigenvalue weighted by molar-refractivity contribution is 5.95. The van der Waals surface area contributed by atoms with Gasteiger partial charge in [-0.15, -0.1) is 10.2 Å². The number of aromatic nitrogens is 1. The van der Waals surface area contributed by atoms with E-state index in [2.05, 4.69) is 62.2 Å². The van der Waals surface area contributed by atoms with Crippen molar-refractivity contribution < 1.29 is 9.90 Å².